The molecule has 2 aromatic rings. The second-order valence-electron chi connectivity index (χ2n) is 5.42. The van der Waals surface area contributed by atoms with E-state index in [1.165, 1.54) is 11.1 Å². The lowest BCUT2D eigenvalue weighted by molar-refractivity contribution is 0.170. The Hall–Kier alpha value is -1.64. The molecule has 0 aliphatic carbocycles. The third-order valence-electron chi connectivity index (χ3n) is 3.71. The summed E-state index contributed by atoms with van der Waals surface area (Å²) in [6.07, 6.45) is -0.471. The number of hydrogen-bond acceptors (Lipinski definition) is 2. The van der Waals surface area contributed by atoms with E-state index in [1.54, 1.807) is 0 Å². The van der Waals surface area contributed by atoms with Crippen LogP contribution in [0, 0.1) is 13.8 Å². The molecule has 2 N–H and O–H groups in total. The van der Waals surface area contributed by atoms with Gasteiger partial charge < -0.3 is 10.4 Å². The van der Waals surface area contributed by atoms with Gasteiger partial charge in [0, 0.05) is 12.6 Å². The van der Waals surface area contributed by atoms with Crippen molar-refractivity contribution in [2.75, 3.05) is 6.54 Å². The lowest BCUT2D eigenvalue weighted by atomic mass is 10.0. The maximum atomic E-state index is 10.4. The van der Waals surface area contributed by atoms with E-state index in [0.717, 1.165) is 11.1 Å². The summed E-state index contributed by atoms with van der Waals surface area (Å²) < 4.78 is 0. The van der Waals surface area contributed by atoms with Gasteiger partial charge in [0.2, 0.25) is 0 Å². The van der Waals surface area contributed by atoms with Crippen LogP contribution in [0.1, 0.15) is 41.3 Å². The van der Waals surface area contributed by atoms with Gasteiger partial charge in [0.15, 0.2) is 0 Å². The second-order valence-corrected chi connectivity index (χ2v) is 5.42. The van der Waals surface area contributed by atoms with Crippen molar-refractivity contribution in [2.24, 2.45) is 0 Å². The molecule has 0 saturated heterocycles. The Kier molecular flexibility index (Phi) is 4.94. The van der Waals surface area contributed by atoms with Gasteiger partial charge in [-0.15, -0.1) is 0 Å². The van der Waals surface area contributed by atoms with E-state index in [4.69, 9.17) is 0 Å². The normalized spacial score (nSPS) is 14.0. The SMILES string of the molecule is Cc1ccc(C)c(C(O)CNC(C)c2ccccc2)c1. The zero-order valence-corrected chi connectivity index (χ0v) is 12.4. The monoisotopic (exact) mass is 269 g/mol. The van der Waals surface area contributed by atoms with Gasteiger partial charge in [-0.25, -0.2) is 0 Å². The molecule has 0 spiro atoms. The van der Waals surface area contributed by atoms with Gasteiger partial charge >= 0.3 is 0 Å². The topological polar surface area (TPSA) is 32.3 Å². The zero-order chi connectivity index (χ0) is 14.5. The average Bonchev–Trinajstić information content (AvgIpc) is 2.47. The van der Waals surface area contributed by atoms with Crippen LogP contribution >= 0.6 is 0 Å². The summed E-state index contributed by atoms with van der Waals surface area (Å²) in [7, 11) is 0. The zero-order valence-electron chi connectivity index (χ0n) is 12.4. The third kappa shape index (κ3) is 3.69. The molecule has 20 heavy (non-hydrogen) atoms. The first-order chi connectivity index (χ1) is 9.58. The summed E-state index contributed by atoms with van der Waals surface area (Å²) in [5, 5.41) is 13.8. The molecular formula is C18H23NO. The number of nitrogens with one attached hydrogen (secondary N) is 1. The van der Waals surface area contributed by atoms with Crippen LogP contribution in [0.2, 0.25) is 0 Å². The highest BCUT2D eigenvalue weighted by molar-refractivity contribution is 5.32. The molecule has 0 heterocycles. The van der Waals surface area contributed by atoms with Crippen LogP contribution in [0.15, 0.2) is 48.5 Å². The van der Waals surface area contributed by atoms with Gasteiger partial charge in [-0.2, -0.15) is 0 Å². The lowest BCUT2D eigenvalue weighted by Crippen LogP contribution is -2.25. The Bertz CT molecular complexity index is 551. The number of aliphatic hydroxyl groups excluding tert-OH is 1. The van der Waals surface area contributed by atoms with Crippen molar-refractivity contribution < 1.29 is 5.11 Å². The van der Waals surface area contributed by atoms with E-state index >= 15 is 0 Å². The van der Waals surface area contributed by atoms with Crippen LogP contribution in [-0.2, 0) is 0 Å². The Labute approximate surface area is 121 Å². The maximum absolute atomic E-state index is 10.4. The molecule has 0 amide bonds. The molecule has 0 saturated carbocycles. The molecule has 2 atom stereocenters. The number of aryl methyl sites for hydroxylation is 2. The fourth-order valence-corrected chi connectivity index (χ4v) is 2.38. The molecule has 2 unspecified atom stereocenters. The van der Waals surface area contributed by atoms with Crippen LogP contribution in [0.25, 0.3) is 0 Å². The van der Waals surface area contributed by atoms with E-state index in [-0.39, 0.29) is 6.04 Å². The van der Waals surface area contributed by atoms with Crippen molar-refractivity contribution in [1.82, 2.24) is 5.32 Å². The Balaban J connectivity index is 1.98. The first kappa shape index (κ1) is 14.8. The summed E-state index contributed by atoms with van der Waals surface area (Å²) in [6, 6.07) is 16.7. The lowest BCUT2D eigenvalue weighted by Gasteiger charge is -2.19. The van der Waals surface area contributed by atoms with Crippen LogP contribution in [0.5, 0.6) is 0 Å². The number of benzene rings is 2. The third-order valence-corrected chi connectivity index (χ3v) is 3.71. The quantitative estimate of drug-likeness (QED) is 0.867. The first-order valence-corrected chi connectivity index (χ1v) is 7.11. The van der Waals surface area contributed by atoms with Gasteiger partial charge in [-0.3, -0.25) is 0 Å². The molecule has 2 aromatic carbocycles. The molecular weight excluding hydrogens is 246 g/mol. The van der Waals surface area contributed by atoms with Crippen LogP contribution in [-0.4, -0.2) is 11.7 Å². The molecule has 0 radical (unpaired) electrons. The molecule has 2 heteroatoms. The van der Waals surface area contributed by atoms with E-state index in [1.807, 2.05) is 25.1 Å². The van der Waals surface area contributed by atoms with Crippen molar-refractivity contribution in [3.8, 4) is 0 Å². The van der Waals surface area contributed by atoms with Gasteiger partial charge in [0.05, 0.1) is 6.10 Å². The fraction of sp³-hybridized carbons (Fsp3) is 0.333. The maximum Gasteiger partial charge on any atom is 0.0917 e. The van der Waals surface area contributed by atoms with Crippen molar-refractivity contribution in [3.63, 3.8) is 0 Å². The van der Waals surface area contributed by atoms with Crippen LogP contribution in [0.4, 0.5) is 0 Å². The minimum Gasteiger partial charge on any atom is -0.387 e. The van der Waals surface area contributed by atoms with Crippen molar-refractivity contribution in [2.45, 2.75) is 32.9 Å². The van der Waals surface area contributed by atoms with Crippen LogP contribution in [0.3, 0.4) is 0 Å². The molecule has 0 aromatic heterocycles. The summed E-state index contributed by atoms with van der Waals surface area (Å²) >= 11 is 0. The molecule has 2 rings (SSSR count). The number of hydrogen-bond donors (Lipinski definition) is 2. The van der Waals surface area contributed by atoms with Gasteiger partial charge in [-0.1, -0.05) is 54.1 Å². The number of aliphatic hydroxyl groups is 1. The average molecular weight is 269 g/mol. The minimum absolute atomic E-state index is 0.232. The standard InChI is InChI=1S/C18H23NO/c1-13-9-10-14(2)17(11-13)18(20)12-19-15(3)16-7-5-4-6-8-16/h4-11,15,18-20H,12H2,1-3H3. The van der Waals surface area contributed by atoms with E-state index in [0.29, 0.717) is 6.54 Å². The number of rotatable bonds is 5. The molecule has 0 fully saturated rings. The molecule has 0 aliphatic heterocycles. The fourth-order valence-electron chi connectivity index (χ4n) is 2.38. The summed E-state index contributed by atoms with van der Waals surface area (Å²) in [5.41, 5.74) is 4.57. The van der Waals surface area contributed by atoms with Crippen LogP contribution < -0.4 is 5.32 Å². The molecule has 2 nitrogen and oxygen atoms in total. The first-order valence-electron chi connectivity index (χ1n) is 7.11. The highest BCUT2D eigenvalue weighted by Crippen LogP contribution is 2.20. The minimum atomic E-state index is -0.471. The highest BCUT2D eigenvalue weighted by Gasteiger charge is 2.12. The summed E-state index contributed by atoms with van der Waals surface area (Å²) in [6.45, 7) is 6.76. The Morgan fingerprint density at radius 3 is 2.45 bits per heavy atom. The second kappa shape index (κ2) is 6.69. The smallest absolute Gasteiger partial charge is 0.0917 e. The molecule has 0 aliphatic rings. The Morgan fingerprint density at radius 1 is 1.05 bits per heavy atom. The summed E-state index contributed by atoms with van der Waals surface area (Å²) in [4.78, 5) is 0. The summed E-state index contributed by atoms with van der Waals surface area (Å²) in [5.74, 6) is 0. The molecule has 0 bridgehead atoms. The van der Waals surface area contributed by atoms with Crippen molar-refractivity contribution in [3.05, 3.63) is 70.8 Å². The largest absolute Gasteiger partial charge is 0.387 e. The van der Waals surface area contributed by atoms with Gasteiger partial charge in [-0.05, 0) is 37.5 Å². The van der Waals surface area contributed by atoms with Crippen molar-refractivity contribution >= 4 is 0 Å². The Morgan fingerprint density at radius 2 is 1.75 bits per heavy atom. The predicted octanol–water partition coefficient (Wildman–Crippen LogP) is 3.69. The van der Waals surface area contributed by atoms with Crippen molar-refractivity contribution in [1.29, 1.82) is 0 Å². The van der Waals surface area contributed by atoms with Gasteiger partial charge in [0.25, 0.3) is 0 Å². The highest BCUT2D eigenvalue weighted by atomic mass is 16.3. The van der Waals surface area contributed by atoms with Gasteiger partial charge in [0.1, 0.15) is 0 Å². The molecule has 106 valence electrons. The van der Waals surface area contributed by atoms with E-state index in [2.05, 4.69) is 49.5 Å². The van der Waals surface area contributed by atoms with E-state index < -0.39 is 6.10 Å². The predicted molar refractivity (Wildman–Crippen MR) is 83.7 cm³/mol. The van der Waals surface area contributed by atoms with E-state index in [9.17, 15) is 5.11 Å².